The Morgan fingerprint density at radius 3 is 0.774 bits per heavy atom. The SMILES string of the molecule is CCCCCCCCOC(=O)CCSCCC(=O)OCC(C)(COC(=O)CCSCCC(=O)OCCCCCCCC)COC(=O)CCSCCC(=O)OCCCCCCCC. The minimum atomic E-state index is -0.992. The van der Waals surface area contributed by atoms with Crippen molar-refractivity contribution in [1.29, 1.82) is 0 Å². The molecule has 0 aromatic heterocycles. The van der Waals surface area contributed by atoms with Crippen LogP contribution in [0.25, 0.3) is 0 Å². The highest BCUT2D eigenvalue weighted by Crippen LogP contribution is 2.21. The molecule has 0 saturated carbocycles. The molecule has 0 aliphatic rings. The highest BCUT2D eigenvalue weighted by Gasteiger charge is 2.31. The molecule has 0 bridgehead atoms. The number of hydrogen-bond donors (Lipinski definition) is 0. The summed E-state index contributed by atoms with van der Waals surface area (Å²) in [6.45, 7) is 9.20. The van der Waals surface area contributed by atoms with Gasteiger partial charge in [-0.2, -0.15) is 35.3 Å². The topological polar surface area (TPSA) is 158 Å². The van der Waals surface area contributed by atoms with Crippen LogP contribution in [0.15, 0.2) is 0 Å². The van der Waals surface area contributed by atoms with Crippen molar-refractivity contribution >= 4 is 71.1 Å². The van der Waals surface area contributed by atoms with Crippen LogP contribution in [0.5, 0.6) is 0 Å². The van der Waals surface area contributed by atoms with Gasteiger partial charge >= 0.3 is 35.8 Å². The quantitative estimate of drug-likeness (QED) is 0.0322. The molecular formula is C47H84O12S3. The van der Waals surface area contributed by atoms with E-state index >= 15 is 0 Å². The van der Waals surface area contributed by atoms with Gasteiger partial charge in [0.05, 0.1) is 63.8 Å². The van der Waals surface area contributed by atoms with Crippen molar-refractivity contribution in [3.05, 3.63) is 0 Å². The van der Waals surface area contributed by atoms with Gasteiger partial charge in [0.1, 0.15) is 19.8 Å². The van der Waals surface area contributed by atoms with Gasteiger partial charge in [0.25, 0.3) is 0 Å². The maximum absolute atomic E-state index is 12.7. The van der Waals surface area contributed by atoms with E-state index in [-0.39, 0.29) is 76.3 Å². The number of ether oxygens (including phenoxy) is 6. The van der Waals surface area contributed by atoms with Crippen molar-refractivity contribution in [2.45, 2.75) is 182 Å². The largest absolute Gasteiger partial charge is 0.466 e. The van der Waals surface area contributed by atoms with Crippen molar-refractivity contribution in [3.63, 3.8) is 0 Å². The van der Waals surface area contributed by atoms with Gasteiger partial charge in [0.15, 0.2) is 0 Å². The average molecular weight is 937 g/mol. The van der Waals surface area contributed by atoms with Crippen LogP contribution in [0.1, 0.15) is 182 Å². The predicted octanol–water partition coefficient (Wildman–Crippen LogP) is 10.9. The van der Waals surface area contributed by atoms with Gasteiger partial charge in [-0.15, -0.1) is 0 Å². The fourth-order valence-electron chi connectivity index (χ4n) is 5.77. The summed E-state index contributed by atoms with van der Waals surface area (Å²) in [7, 11) is 0. The first-order valence-corrected chi connectivity index (χ1v) is 27.2. The maximum Gasteiger partial charge on any atom is 0.306 e. The van der Waals surface area contributed by atoms with Gasteiger partial charge in [-0.3, -0.25) is 28.8 Å². The van der Waals surface area contributed by atoms with Crippen molar-refractivity contribution in [2.75, 3.05) is 74.2 Å². The lowest BCUT2D eigenvalue weighted by molar-refractivity contribution is -0.160. The van der Waals surface area contributed by atoms with Gasteiger partial charge in [-0.25, -0.2) is 0 Å². The Morgan fingerprint density at radius 2 is 0.532 bits per heavy atom. The summed E-state index contributed by atoms with van der Waals surface area (Å²) >= 11 is 4.40. The zero-order valence-electron chi connectivity index (χ0n) is 39.1. The Hall–Kier alpha value is -2.13. The lowest BCUT2D eigenvalue weighted by Gasteiger charge is -2.28. The van der Waals surface area contributed by atoms with Crippen LogP contribution in [-0.2, 0) is 57.2 Å². The fourth-order valence-corrected chi connectivity index (χ4v) is 8.24. The van der Waals surface area contributed by atoms with E-state index in [9.17, 15) is 28.8 Å². The summed E-state index contributed by atoms with van der Waals surface area (Å²) in [6, 6.07) is 0. The Kier molecular flexibility index (Phi) is 42.6. The first kappa shape index (κ1) is 59.9. The van der Waals surface area contributed by atoms with Gasteiger partial charge < -0.3 is 28.4 Å². The number of thioether (sulfide) groups is 3. The van der Waals surface area contributed by atoms with Crippen molar-refractivity contribution < 1.29 is 57.2 Å². The van der Waals surface area contributed by atoms with E-state index < -0.39 is 23.3 Å². The molecule has 0 aliphatic heterocycles. The van der Waals surface area contributed by atoms with Crippen molar-refractivity contribution in [2.24, 2.45) is 5.41 Å². The minimum absolute atomic E-state index is 0.126. The number of esters is 6. The van der Waals surface area contributed by atoms with E-state index in [1.54, 1.807) is 6.92 Å². The molecule has 0 radical (unpaired) electrons. The van der Waals surface area contributed by atoms with E-state index in [2.05, 4.69) is 20.8 Å². The van der Waals surface area contributed by atoms with E-state index in [0.29, 0.717) is 54.3 Å². The van der Waals surface area contributed by atoms with Crippen LogP contribution in [0.2, 0.25) is 0 Å². The number of unbranched alkanes of at least 4 members (excludes halogenated alkanes) is 15. The molecule has 15 heteroatoms. The number of rotatable bonds is 45. The number of carbonyl (C=O) groups is 6. The Bertz CT molecular complexity index is 1020. The molecule has 12 nitrogen and oxygen atoms in total. The molecule has 0 aromatic carbocycles. The molecule has 0 rings (SSSR count). The molecule has 0 aromatic rings. The normalized spacial score (nSPS) is 11.2. The summed E-state index contributed by atoms with van der Waals surface area (Å²) in [5.74, 6) is 0.964. The summed E-state index contributed by atoms with van der Waals surface area (Å²) in [5.41, 5.74) is -0.992. The van der Waals surface area contributed by atoms with E-state index in [0.717, 1.165) is 57.8 Å². The van der Waals surface area contributed by atoms with Crippen LogP contribution < -0.4 is 0 Å². The van der Waals surface area contributed by atoms with Crippen LogP contribution in [-0.4, -0.2) is 110 Å². The molecule has 362 valence electrons. The lowest BCUT2D eigenvalue weighted by atomic mass is 9.94. The van der Waals surface area contributed by atoms with E-state index in [1.807, 2.05) is 0 Å². The first-order chi connectivity index (χ1) is 30.0. The lowest BCUT2D eigenvalue weighted by Crippen LogP contribution is -2.37. The molecule has 0 aliphatic carbocycles. The average Bonchev–Trinajstić information content (AvgIpc) is 3.25. The second-order valence-electron chi connectivity index (χ2n) is 16.1. The monoisotopic (exact) mass is 937 g/mol. The third kappa shape index (κ3) is 41.9. The maximum atomic E-state index is 12.7. The molecule has 62 heavy (non-hydrogen) atoms. The molecule has 0 atom stereocenters. The third-order valence-corrected chi connectivity index (χ3v) is 12.7. The zero-order chi connectivity index (χ0) is 45.8. The van der Waals surface area contributed by atoms with E-state index in [1.165, 1.54) is 93.1 Å². The number of hydrogen-bond acceptors (Lipinski definition) is 15. The van der Waals surface area contributed by atoms with Gasteiger partial charge in [0.2, 0.25) is 0 Å². The van der Waals surface area contributed by atoms with Crippen LogP contribution in [0, 0.1) is 5.41 Å². The second-order valence-corrected chi connectivity index (χ2v) is 19.8. The highest BCUT2D eigenvalue weighted by molar-refractivity contribution is 7.99. The standard InChI is InChI=1S/C47H84O12S3/c1-5-8-11-14-17-20-29-54-41(48)23-32-60-35-26-44(51)57-38-47(4,39-58-45(52)27-36-61-33-24-42(49)55-30-21-18-15-12-9-6-2)40-59-46(53)28-37-62-34-25-43(50)56-31-22-19-16-13-10-7-3/h5-40H2,1-4H3. The van der Waals surface area contributed by atoms with Crippen LogP contribution >= 0.6 is 35.3 Å². The first-order valence-electron chi connectivity index (χ1n) is 23.7. The molecule has 0 spiro atoms. The molecule has 0 fully saturated rings. The Labute approximate surface area is 388 Å². The Morgan fingerprint density at radius 1 is 0.323 bits per heavy atom. The summed E-state index contributed by atoms with van der Waals surface area (Å²) in [4.78, 5) is 74.1. The Balaban J connectivity index is 4.65. The van der Waals surface area contributed by atoms with Crippen molar-refractivity contribution in [1.82, 2.24) is 0 Å². The van der Waals surface area contributed by atoms with Crippen LogP contribution in [0.3, 0.4) is 0 Å². The van der Waals surface area contributed by atoms with E-state index in [4.69, 9.17) is 28.4 Å². The summed E-state index contributed by atoms with van der Waals surface area (Å²) in [5, 5.41) is 0. The van der Waals surface area contributed by atoms with Gasteiger partial charge in [-0.05, 0) is 26.2 Å². The fraction of sp³-hybridized carbons (Fsp3) is 0.872. The summed E-state index contributed by atoms with van der Waals surface area (Å²) < 4.78 is 32.6. The van der Waals surface area contributed by atoms with Crippen molar-refractivity contribution in [3.8, 4) is 0 Å². The molecule has 0 N–H and O–H groups in total. The predicted molar refractivity (Wildman–Crippen MR) is 254 cm³/mol. The smallest absolute Gasteiger partial charge is 0.306 e. The molecule has 0 amide bonds. The highest BCUT2D eigenvalue weighted by atomic mass is 32.2. The minimum Gasteiger partial charge on any atom is -0.466 e. The van der Waals surface area contributed by atoms with Crippen LogP contribution in [0.4, 0.5) is 0 Å². The molecular weight excluding hydrogens is 853 g/mol. The number of carbonyl (C=O) groups excluding carboxylic acids is 6. The van der Waals surface area contributed by atoms with Gasteiger partial charge in [-0.1, -0.05) is 117 Å². The summed E-state index contributed by atoms with van der Waals surface area (Å²) in [6.07, 6.45) is 21.5. The molecule has 0 saturated heterocycles. The molecule has 0 unspecified atom stereocenters. The third-order valence-electron chi connectivity index (χ3n) is 9.73. The molecule has 0 heterocycles. The van der Waals surface area contributed by atoms with Gasteiger partial charge in [0, 0.05) is 34.5 Å². The zero-order valence-corrected chi connectivity index (χ0v) is 41.5. The second kappa shape index (κ2) is 44.1.